The topological polar surface area (TPSA) is 33.6 Å². The average molecular weight is 487 g/mol. The summed E-state index contributed by atoms with van der Waals surface area (Å²) in [6.45, 7) is 4.81. The molecule has 0 spiro atoms. The zero-order valence-corrected chi connectivity index (χ0v) is 20.0. The van der Waals surface area contributed by atoms with Crippen LogP contribution < -0.4 is 10.1 Å². The van der Waals surface area contributed by atoms with Gasteiger partial charge in [0.2, 0.25) is 0 Å². The lowest BCUT2D eigenvalue weighted by molar-refractivity contribution is 0.338. The van der Waals surface area contributed by atoms with Crippen LogP contribution in [-0.2, 0) is 0 Å². The first-order chi connectivity index (χ1) is 15.6. The summed E-state index contributed by atoms with van der Waals surface area (Å²) in [5, 5.41) is 3.82. The average Bonchev–Trinajstić information content (AvgIpc) is 3.30. The second-order valence-corrected chi connectivity index (χ2v) is 9.39. The Hall–Kier alpha value is -2.85. The first-order valence-electron chi connectivity index (χ1n) is 11.2. The molecule has 0 aromatic heterocycles. The van der Waals surface area contributed by atoms with Crippen LogP contribution in [0.15, 0.2) is 82.3 Å². The molecule has 0 bridgehead atoms. The summed E-state index contributed by atoms with van der Waals surface area (Å²) >= 11 is 3.57. The molecule has 0 fully saturated rings. The lowest BCUT2D eigenvalue weighted by Gasteiger charge is -2.37. The third kappa shape index (κ3) is 4.12. The summed E-state index contributed by atoms with van der Waals surface area (Å²) < 4.78 is 6.52. The number of nitrogens with one attached hydrogen (secondary N) is 1. The van der Waals surface area contributed by atoms with Crippen LogP contribution in [0.3, 0.4) is 0 Å². The van der Waals surface area contributed by atoms with Gasteiger partial charge in [-0.3, -0.25) is 4.99 Å². The van der Waals surface area contributed by atoms with E-state index in [0.717, 1.165) is 27.9 Å². The Kier molecular flexibility index (Phi) is 5.88. The van der Waals surface area contributed by atoms with Crippen LogP contribution in [0.2, 0.25) is 0 Å². The minimum atomic E-state index is 0.310. The maximum absolute atomic E-state index is 5.58. The van der Waals surface area contributed by atoms with Gasteiger partial charge in [0.15, 0.2) is 0 Å². The molecule has 0 saturated carbocycles. The SMILES string of the molecule is CCOc1ccc(C=Nc2ccc([C@@H]3Nc4ccc(C)cc4[C@H]4C=CC[C@H]43)cc2)cc1Br. The monoisotopic (exact) mass is 486 g/mol. The number of hydrogen-bond acceptors (Lipinski definition) is 3. The number of fused-ring (bicyclic) bond motifs is 3. The van der Waals surface area contributed by atoms with E-state index in [-0.39, 0.29) is 0 Å². The van der Waals surface area contributed by atoms with E-state index >= 15 is 0 Å². The Morgan fingerprint density at radius 3 is 2.72 bits per heavy atom. The lowest BCUT2D eigenvalue weighted by Crippen LogP contribution is -2.29. The van der Waals surface area contributed by atoms with E-state index in [2.05, 4.69) is 87.8 Å². The second kappa shape index (κ2) is 8.95. The molecule has 0 saturated heterocycles. The lowest BCUT2D eigenvalue weighted by atomic mass is 9.76. The third-order valence-corrected chi connectivity index (χ3v) is 7.01. The first-order valence-corrected chi connectivity index (χ1v) is 12.0. The van der Waals surface area contributed by atoms with Gasteiger partial charge in [0, 0.05) is 17.8 Å². The van der Waals surface area contributed by atoms with E-state index in [1.807, 2.05) is 31.3 Å². The molecule has 0 radical (unpaired) electrons. The van der Waals surface area contributed by atoms with E-state index in [1.165, 1.54) is 22.4 Å². The van der Waals surface area contributed by atoms with Crippen LogP contribution in [0.5, 0.6) is 5.75 Å². The fraction of sp³-hybridized carbons (Fsp3) is 0.250. The van der Waals surface area contributed by atoms with Crippen molar-refractivity contribution in [3.05, 3.63) is 99.5 Å². The Labute approximate surface area is 198 Å². The van der Waals surface area contributed by atoms with Crippen LogP contribution >= 0.6 is 15.9 Å². The Bertz CT molecular complexity index is 1180. The number of hydrogen-bond donors (Lipinski definition) is 1. The minimum Gasteiger partial charge on any atom is -0.493 e. The number of halogens is 1. The molecule has 1 heterocycles. The number of nitrogens with zero attached hydrogens (tertiary/aromatic N) is 1. The maximum Gasteiger partial charge on any atom is 0.133 e. The Balaban J connectivity index is 1.34. The maximum atomic E-state index is 5.58. The number of benzene rings is 3. The molecule has 1 aliphatic carbocycles. The van der Waals surface area contributed by atoms with E-state index in [9.17, 15) is 0 Å². The molecule has 3 nitrogen and oxygen atoms in total. The van der Waals surface area contributed by atoms with Gasteiger partial charge in [-0.1, -0.05) is 42.0 Å². The van der Waals surface area contributed by atoms with Crippen molar-refractivity contribution in [2.75, 3.05) is 11.9 Å². The summed E-state index contributed by atoms with van der Waals surface area (Å²) in [6, 6.07) is 21.7. The molecule has 5 rings (SSSR count). The van der Waals surface area contributed by atoms with Gasteiger partial charge < -0.3 is 10.1 Å². The molecule has 162 valence electrons. The fourth-order valence-electron chi connectivity index (χ4n) is 4.83. The van der Waals surface area contributed by atoms with Gasteiger partial charge in [0.25, 0.3) is 0 Å². The van der Waals surface area contributed by atoms with Crippen molar-refractivity contribution >= 4 is 33.5 Å². The Morgan fingerprint density at radius 1 is 1.09 bits per heavy atom. The van der Waals surface area contributed by atoms with Crippen molar-refractivity contribution in [3.8, 4) is 5.75 Å². The van der Waals surface area contributed by atoms with Crippen LogP contribution in [0.4, 0.5) is 11.4 Å². The molecule has 0 amide bonds. The normalized spacial score (nSPS) is 21.3. The Morgan fingerprint density at radius 2 is 1.94 bits per heavy atom. The molecule has 4 heteroatoms. The van der Waals surface area contributed by atoms with E-state index in [1.54, 1.807) is 0 Å². The summed E-state index contributed by atoms with van der Waals surface area (Å²) in [5.74, 6) is 1.90. The molecule has 1 aliphatic heterocycles. The van der Waals surface area contributed by atoms with Crippen LogP contribution in [0.1, 0.15) is 47.6 Å². The van der Waals surface area contributed by atoms with E-state index < -0.39 is 0 Å². The molecule has 2 aliphatic rings. The van der Waals surface area contributed by atoms with Gasteiger partial charge in [0.05, 0.1) is 22.8 Å². The van der Waals surface area contributed by atoms with Gasteiger partial charge in [-0.2, -0.15) is 0 Å². The quantitative estimate of drug-likeness (QED) is 0.295. The second-order valence-electron chi connectivity index (χ2n) is 8.54. The highest BCUT2D eigenvalue weighted by Crippen LogP contribution is 2.50. The van der Waals surface area contributed by atoms with Crippen LogP contribution in [0, 0.1) is 12.8 Å². The smallest absolute Gasteiger partial charge is 0.133 e. The summed E-state index contributed by atoms with van der Waals surface area (Å²) in [7, 11) is 0. The zero-order valence-electron chi connectivity index (χ0n) is 18.4. The molecule has 3 aromatic rings. The molecule has 32 heavy (non-hydrogen) atoms. The number of allylic oxidation sites excluding steroid dienone is 2. The third-order valence-electron chi connectivity index (χ3n) is 6.39. The summed E-state index contributed by atoms with van der Waals surface area (Å²) in [5.41, 5.74) is 7.32. The van der Waals surface area contributed by atoms with Gasteiger partial charge in [-0.15, -0.1) is 0 Å². The van der Waals surface area contributed by atoms with Crippen LogP contribution in [-0.4, -0.2) is 12.8 Å². The van der Waals surface area contributed by atoms with Crippen molar-refractivity contribution < 1.29 is 4.74 Å². The molecule has 3 aromatic carbocycles. The van der Waals surface area contributed by atoms with Gasteiger partial charge >= 0.3 is 0 Å². The molecular formula is C28H27BrN2O. The van der Waals surface area contributed by atoms with Crippen LogP contribution in [0.25, 0.3) is 0 Å². The van der Waals surface area contributed by atoms with Crippen molar-refractivity contribution in [2.45, 2.75) is 32.2 Å². The molecule has 3 atom stereocenters. The minimum absolute atomic E-state index is 0.310. The largest absolute Gasteiger partial charge is 0.493 e. The van der Waals surface area contributed by atoms with E-state index in [0.29, 0.717) is 24.5 Å². The summed E-state index contributed by atoms with van der Waals surface area (Å²) in [6.07, 6.45) is 7.74. The van der Waals surface area contributed by atoms with Gasteiger partial charge in [-0.05, 0) is 95.2 Å². The highest BCUT2D eigenvalue weighted by molar-refractivity contribution is 9.10. The van der Waals surface area contributed by atoms with Gasteiger partial charge in [-0.25, -0.2) is 0 Å². The summed E-state index contributed by atoms with van der Waals surface area (Å²) in [4.78, 5) is 4.67. The number of rotatable bonds is 5. The fourth-order valence-corrected chi connectivity index (χ4v) is 5.34. The number of ether oxygens (including phenoxy) is 1. The van der Waals surface area contributed by atoms with Crippen molar-refractivity contribution in [1.29, 1.82) is 0 Å². The van der Waals surface area contributed by atoms with Gasteiger partial charge in [0.1, 0.15) is 5.75 Å². The van der Waals surface area contributed by atoms with Crippen molar-refractivity contribution in [3.63, 3.8) is 0 Å². The predicted molar refractivity (Wildman–Crippen MR) is 137 cm³/mol. The van der Waals surface area contributed by atoms with Crippen molar-refractivity contribution in [2.24, 2.45) is 10.9 Å². The number of aryl methyl sites for hydroxylation is 1. The standard InChI is InChI=1S/C28H27BrN2O/c1-3-32-27-14-8-19(16-25(27)29)17-30-21-11-9-20(10-12-21)28-23-6-4-5-22(23)24-15-18(2)7-13-26(24)31-28/h4-5,7-17,22-23,28,31H,3,6H2,1-2H3/t22-,23+,28-/m0/s1. The highest BCUT2D eigenvalue weighted by Gasteiger charge is 2.37. The van der Waals surface area contributed by atoms with Crippen molar-refractivity contribution in [1.82, 2.24) is 0 Å². The molecule has 0 unspecified atom stereocenters. The number of anilines is 1. The molecular weight excluding hydrogens is 460 g/mol. The first kappa shape index (κ1) is 21.0. The molecule has 1 N–H and O–H groups in total. The predicted octanol–water partition coefficient (Wildman–Crippen LogP) is 7.73. The number of aliphatic imine (C=N–C) groups is 1. The van der Waals surface area contributed by atoms with E-state index in [4.69, 9.17) is 4.74 Å². The highest BCUT2D eigenvalue weighted by atomic mass is 79.9. The zero-order chi connectivity index (χ0) is 22.1.